The Bertz CT molecular complexity index is 665. The molecular formula is C16H14BrF3O. The van der Waals surface area contributed by atoms with E-state index in [2.05, 4.69) is 15.9 Å². The fourth-order valence-electron chi connectivity index (χ4n) is 2.31. The summed E-state index contributed by atoms with van der Waals surface area (Å²) in [5.74, 6) is 0. The van der Waals surface area contributed by atoms with Crippen LogP contribution in [0.25, 0.3) is 0 Å². The monoisotopic (exact) mass is 358 g/mol. The van der Waals surface area contributed by atoms with E-state index in [1.54, 1.807) is 19.1 Å². The third kappa shape index (κ3) is 3.47. The number of rotatable bonds is 2. The molecule has 112 valence electrons. The van der Waals surface area contributed by atoms with Crippen molar-refractivity contribution in [3.63, 3.8) is 0 Å². The fraction of sp³-hybridized carbons (Fsp3) is 0.250. The molecule has 0 aliphatic heterocycles. The largest absolute Gasteiger partial charge is 0.416 e. The standard InChI is InChI=1S/C16H14BrF3O/c1-9-3-5-12(10(2)7-9)15(21)13-6-4-11(17)8-14(13)16(18,19)20/h3-8,15,21H,1-2H3. The number of hydrogen-bond donors (Lipinski definition) is 1. The van der Waals surface area contributed by atoms with E-state index in [0.717, 1.165) is 17.2 Å². The lowest BCUT2D eigenvalue weighted by atomic mass is 9.93. The summed E-state index contributed by atoms with van der Waals surface area (Å²) in [6, 6.07) is 9.07. The molecule has 1 N–H and O–H groups in total. The Hall–Kier alpha value is -1.33. The first-order valence-corrected chi connectivity index (χ1v) is 7.11. The third-order valence-electron chi connectivity index (χ3n) is 3.34. The lowest BCUT2D eigenvalue weighted by Crippen LogP contribution is -2.13. The number of aliphatic hydroxyl groups is 1. The molecule has 0 aliphatic carbocycles. The lowest BCUT2D eigenvalue weighted by Gasteiger charge is -2.20. The normalized spacial score (nSPS) is 13.3. The van der Waals surface area contributed by atoms with Crippen LogP contribution in [-0.4, -0.2) is 5.11 Å². The number of benzene rings is 2. The topological polar surface area (TPSA) is 20.2 Å². The van der Waals surface area contributed by atoms with Gasteiger partial charge in [0.05, 0.1) is 5.56 Å². The zero-order valence-electron chi connectivity index (χ0n) is 11.5. The summed E-state index contributed by atoms with van der Waals surface area (Å²) >= 11 is 3.04. The summed E-state index contributed by atoms with van der Waals surface area (Å²) < 4.78 is 39.7. The number of aliphatic hydroxyl groups excluding tert-OH is 1. The maximum absolute atomic E-state index is 13.1. The summed E-state index contributed by atoms with van der Waals surface area (Å²) in [5, 5.41) is 10.4. The molecule has 0 spiro atoms. The third-order valence-corrected chi connectivity index (χ3v) is 3.83. The molecule has 21 heavy (non-hydrogen) atoms. The summed E-state index contributed by atoms with van der Waals surface area (Å²) in [6.07, 6.45) is -5.83. The van der Waals surface area contributed by atoms with E-state index in [1.807, 2.05) is 13.0 Å². The molecule has 0 fully saturated rings. The first-order valence-electron chi connectivity index (χ1n) is 6.32. The zero-order chi connectivity index (χ0) is 15.8. The molecule has 0 bridgehead atoms. The van der Waals surface area contributed by atoms with Gasteiger partial charge in [-0.25, -0.2) is 0 Å². The van der Waals surface area contributed by atoms with E-state index in [-0.39, 0.29) is 5.56 Å². The lowest BCUT2D eigenvalue weighted by molar-refractivity contribution is -0.139. The molecule has 1 unspecified atom stereocenters. The van der Waals surface area contributed by atoms with E-state index < -0.39 is 17.8 Å². The van der Waals surface area contributed by atoms with Crippen molar-refractivity contribution in [1.29, 1.82) is 0 Å². The van der Waals surface area contributed by atoms with Crippen LogP contribution in [0, 0.1) is 13.8 Å². The van der Waals surface area contributed by atoms with Crippen LogP contribution in [0.2, 0.25) is 0 Å². The zero-order valence-corrected chi connectivity index (χ0v) is 13.1. The van der Waals surface area contributed by atoms with E-state index in [1.165, 1.54) is 12.1 Å². The number of halogens is 4. The second-order valence-electron chi connectivity index (χ2n) is 4.99. The molecule has 0 saturated carbocycles. The van der Waals surface area contributed by atoms with Crippen molar-refractivity contribution in [2.75, 3.05) is 0 Å². The van der Waals surface area contributed by atoms with Crippen LogP contribution in [-0.2, 0) is 6.18 Å². The molecule has 1 atom stereocenters. The van der Waals surface area contributed by atoms with Crippen LogP contribution in [0.15, 0.2) is 40.9 Å². The van der Waals surface area contributed by atoms with Gasteiger partial charge < -0.3 is 5.11 Å². The predicted molar refractivity (Wildman–Crippen MR) is 79.1 cm³/mol. The summed E-state index contributed by atoms with van der Waals surface area (Å²) in [7, 11) is 0. The van der Waals surface area contributed by atoms with Gasteiger partial charge in [-0.05, 0) is 42.7 Å². The minimum Gasteiger partial charge on any atom is -0.384 e. The average molecular weight is 359 g/mol. The summed E-state index contributed by atoms with van der Waals surface area (Å²) in [4.78, 5) is 0. The van der Waals surface area contributed by atoms with Crippen LogP contribution in [0.4, 0.5) is 13.2 Å². The maximum atomic E-state index is 13.1. The predicted octanol–water partition coefficient (Wildman–Crippen LogP) is 5.17. The van der Waals surface area contributed by atoms with Crippen molar-refractivity contribution in [2.24, 2.45) is 0 Å². The molecule has 2 aromatic rings. The highest BCUT2D eigenvalue weighted by molar-refractivity contribution is 9.10. The molecule has 0 aliphatic rings. The van der Waals surface area contributed by atoms with Gasteiger partial charge in [0.2, 0.25) is 0 Å². The second kappa shape index (κ2) is 5.81. The van der Waals surface area contributed by atoms with Gasteiger partial charge in [-0.1, -0.05) is 45.8 Å². The first-order chi connectivity index (χ1) is 9.70. The molecule has 1 nitrogen and oxygen atoms in total. The van der Waals surface area contributed by atoms with Gasteiger partial charge >= 0.3 is 6.18 Å². The van der Waals surface area contributed by atoms with Crippen LogP contribution in [0.3, 0.4) is 0 Å². The molecule has 0 amide bonds. The minimum atomic E-state index is -4.52. The Balaban J connectivity index is 2.55. The van der Waals surface area contributed by atoms with Crippen molar-refractivity contribution in [1.82, 2.24) is 0 Å². The van der Waals surface area contributed by atoms with E-state index in [9.17, 15) is 18.3 Å². The van der Waals surface area contributed by atoms with Crippen LogP contribution < -0.4 is 0 Å². The number of aryl methyl sites for hydroxylation is 2. The van der Waals surface area contributed by atoms with Crippen molar-refractivity contribution in [2.45, 2.75) is 26.1 Å². The number of alkyl halides is 3. The maximum Gasteiger partial charge on any atom is 0.416 e. The van der Waals surface area contributed by atoms with Gasteiger partial charge in [0, 0.05) is 4.47 Å². The summed E-state index contributed by atoms with van der Waals surface area (Å²) in [5.41, 5.74) is 1.27. The van der Waals surface area contributed by atoms with Crippen molar-refractivity contribution < 1.29 is 18.3 Å². The molecule has 5 heteroatoms. The van der Waals surface area contributed by atoms with Crippen molar-refractivity contribution in [3.8, 4) is 0 Å². The van der Waals surface area contributed by atoms with Crippen LogP contribution >= 0.6 is 15.9 Å². The van der Waals surface area contributed by atoms with Gasteiger partial charge in [0.1, 0.15) is 6.10 Å². The molecule has 0 radical (unpaired) electrons. The van der Waals surface area contributed by atoms with E-state index in [4.69, 9.17) is 0 Å². The highest BCUT2D eigenvalue weighted by Crippen LogP contribution is 2.38. The Morgan fingerprint density at radius 1 is 1.00 bits per heavy atom. The Kier molecular flexibility index (Phi) is 4.44. The van der Waals surface area contributed by atoms with E-state index >= 15 is 0 Å². The highest BCUT2D eigenvalue weighted by atomic mass is 79.9. The highest BCUT2D eigenvalue weighted by Gasteiger charge is 2.35. The van der Waals surface area contributed by atoms with Gasteiger partial charge in [0.25, 0.3) is 0 Å². The molecule has 2 aromatic carbocycles. The quantitative estimate of drug-likeness (QED) is 0.785. The molecule has 2 rings (SSSR count). The van der Waals surface area contributed by atoms with E-state index in [0.29, 0.717) is 10.0 Å². The molecule has 0 aromatic heterocycles. The number of hydrogen-bond acceptors (Lipinski definition) is 1. The van der Waals surface area contributed by atoms with Crippen molar-refractivity contribution >= 4 is 15.9 Å². The van der Waals surface area contributed by atoms with Crippen LogP contribution in [0.1, 0.15) is 33.9 Å². The van der Waals surface area contributed by atoms with Gasteiger partial charge in [-0.2, -0.15) is 13.2 Å². The SMILES string of the molecule is Cc1ccc(C(O)c2ccc(Br)cc2C(F)(F)F)c(C)c1. The molecule has 0 heterocycles. The second-order valence-corrected chi connectivity index (χ2v) is 5.91. The Morgan fingerprint density at radius 2 is 1.62 bits per heavy atom. The molecular weight excluding hydrogens is 345 g/mol. The average Bonchev–Trinajstić information content (AvgIpc) is 2.37. The first kappa shape index (κ1) is 16.0. The van der Waals surface area contributed by atoms with Crippen molar-refractivity contribution in [3.05, 3.63) is 68.7 Å². The fourth-order valence-corrected chi connectivity index (χ4v) is 2.67. The molecule has 0 saturated heterocycles. The smallest absolute Gasteiger partial charge is 0.384 e. The Labute approximate surface area is 129 Å². The van der Waals surface area contributed by atoms with Gasteiger partial charge in [0.15, 0.2) is 0 Å². The van der Waals surface area contributed by atoms with Gasteiger partial charge in [-0.3, -0.25) is 0 Å². The summed E-state index contributed by atoms with van der Waals surface area (Å²) in [6.45, 7) is 3.67. The van der Waals surface area contributed by atoms with Gasteiger partial charge in [-0.15, -0.1) is 0 Å². The minimum absolute atomic E-state index is 0.141. The van der Waals surface area contributed by atoms with Crippen LogP contribution in [0.5, 0.6) is 0 Å². The Morgan fingerprint density at radius 3 is 2.19 bits per heavy atom.